The van der Waals surface area contributed by atoms with E-state index in [4.69, 9.17) is 11.6 Å². The predicted molar refractivity (Wildman–Crippen MR) is 82.5 cm³/mol. The summed E-state index contributed by atoms with van der Waals surface area (Å²) in [6, 6.07) is 4.27. The number of aliphatic hydroxyl groups is 1. The molecule has 4 nitrogen and oxygen atoms in total. The second kappa shape index (κ2) is 6.52. The van der Waals surface area contributed by atoms with Crippen LogP contribution in [0.3, 0.4) is 0 Å². The Morgan fingerprint density at radius 1 is 1.32 bits per heavy atom. The quantitative estimate of drug-likeness (QED) is 0.920. The molecule has 0 radical (unpaired) electrons. The first kappa shape index (κ1) is 15.7. The molecule has 1 saturated carbocycles. The van der Waals surface area contributed by atoms with Crippen LogP contribution in [0.15, 0.2) is 18.2 Å². The van der Waals surface area contributed by atoms with Gasteiger partial charge in [0.15, 0.2) is 0 Å². The topological polar surface area (TPSA) is 43.8 Å². The fraction of sp³-hybridized carbons (Fsp3) is 0.562. The normalized spacial score (nSPS) is 21.0. The van der Waals surface area contributed by atoms with Crippen LogP contribution in [-0.2, 0) is 0 Å². The van der Waals surface area contributed by atoms with E-state index in [1.165, 1.54) is 18.2 Å². The maximum Gasteiger partial charge on any atom is 0.258 e. The lowest BCUT2D eigenvalue weighted by molar-refractivity contribution is 0.0486. The molecule has 3 rings (SSSR count). The molecular weight excluding hydrogens is 307 g/mol. The number of carbonyl (C=O) groups is 1. The lowest BCUT2D eigenvalue weighted by atomic mass is 10.1. The highest BCUT2D eigenvalue weighted by Crippen LogP contribution is 2.33. The van der Waals surface area contributed by atoms with Gasteiger partial charge in [-0.3, -0.25) is 9.69 Å². The lowest BCUT2D eigenvalue weighted by Gasteiger charge is -2.35. The fourth-order valence-corrected chi connectivity index (χ4v) is 3.13. The van der Waals surface area contributed by atoms with Crippen LogP contribution >= 0.6 is 11.6 Å². The van der Waals surface area contributed by atoms with Crippen molar-refractivity contribution in [2.75, 3.05) is 32.7 Å². The summed E-state index contributed by atoms with van der Waals surface area (Å²) in [6.45, 7) is 3.11. The third-order valence-electron chi connectivity index (χ3n) is 4.45. The minimum absolute atomic E-state index is 0.0457. The number of hydrogen-bond donors (Lipinski definition) is 1. The Bertz CT molecular complexity index is 537. The van der Waals surface area contributed by atoms with E-state index in [1.54, 1.807) is 4.90 Å². The fourth-order valence-electron chi connectivity index (χ4n) is 2.89. The van der Waals surface area contributed by atoms with Crippen molar-refractivity contribution < 1.29 is 14.3 Å². The Labute approximate surface area is 134 Å². The molecule has 1 aromatic rings. The van der Waals surface area contributed by atoms with E-state index in [2.05, 4.69) is 4.90 Å². The summed E-state index contributed by atoms with van der Waals surface area (Å²) in [4.78, 5) is 16.2. The van der Waals surface area contributed by atoms with Gasteiger partial charge in [-0.25, -0.2) is 4.39 Å². The summed E-state index contributed by atoms with van der Waals surface area (Å²) >= 11 is 5.95. The van der Waals surface area contributed by atoms with Crippen LogP contribution in [-0.4, -0.2) is 59.6 Å². The van der Waals surface area contributed by atoms with Crippen LogP contribution in [0.25, 0.3) is 0 Å². The van der Waals surface area contributed by atoms with Gasteiger partial charge in [0.2, 0.25) is 0 Å². The number of piperazine rings is 1. The van der Waals surface area contributed by atoms with Gasteiger partial charge in [-0.05, 0) is 30.9 Å². The van der Waals surface area contributed by atoms with Crippen molar-refractivity contribution in [2.45, 2.75) is 18.9 Å². The van der Waals surface area contributed by atoms with Crippen molar-refractivity contribution in [2.24, 2.45) is 5.92 Å². The number of nitrogens with zero attached hydrogens (tertiary/aromatic N) is 2. The summed E-state index contributed by atoms with van der Waals surface area (Å²) in [7, 11) is 0. The van der Waals surface area contributed by atoms with Crippen molar-refractivity contribution in [3.8, 4) is 0 Å². The molecule has 6 heteroatoms. The number of hydrogen-bond acceptors (Lipinski definition) is 3. The molecule has 1 aliphatic carbocycles. The van der Waals surface area contributed by atoms with Crippen LogP contribution in [0, 0.1) is 11.7 Å². The van der Waals surface area contributed by atoms with Crippen molar-refractivity contribution >= 4 is 17.5 Å². The zero-order chi connectivity index (χ0) is 15.7. The summed E-state index contributed by atoms with van der Waals surface area (Å²) in [5.74, 6) is -0.480. The third kappa shape index (κ3) is 3.42. The number of β-amino-alcohol motifs (C(OH)–C–C–N with tert-alkyl or cyclic N) is 1. The molecule has 1 saturated heterocycles. The molecule has 1 amide bonds. The van der Waals surface area contributed by atoms with Crippen LogP contribution in [0.4, 0.5) is 4.39 Å². The number of rotatable bonds is 4. The lowest BCUT2D eigenvalue weighted by Crippen LogP contribution is -2.50. The van der Waals surface area contributed by atoms with Gasteiger partial charge in [-0.2, -0.15) is 0 Å². The zero-order valence-corrected chi connectivity index (χ0v) is 13.1. The van der Waals surface area contributed by atoms with Gasteiger partial charge in [-0.1, -0.05) is 17.7 Å². The number of benzene rings is 1. The Hall–Kier alpha value is -1.17. The molecule has 1 heterocycles. The molecule has 1 N–H and O–H groups in total. The maximum absolute atomic E-state index is 13.8. The van der Waals surface area contributed by atoms with E-state index in [9.17, 15) is 14.3 Å². The third-order valence-corrected chi connectivity index (χ3v) is 4.76. The number of carbonyl (C=O) groups excluding carboxylic acids is 1. The first-order valence-corrected chi connectivity index (χ1v) is 8.08. The van der Waals surface area contributed by atoms with Gasteiger partial charge >= 0.3 is 0 Å². The molecular formula is C16H20ClFN2O2. The second-order valence-corrected chi connectivity index (χ2v) is 6.50. The highest BCUT2D eigenvalue weighted by Gasteiger charge is 2.32. The second-order valence-electron chi connectivity index (χ2n) is 6.09. The van der Waals surface area contributed by atoms with Crippen molar-refractivity contribution in [1.82, 2.24) is 9.80 Å². The Morgan fingerprint density at radius 2 is 2.00 bits per heavy atom. The van der Waals surface area contributed by atoms with Gasteiger partial charge in [0.1, 0.15) is 5.82 Å². The minimum Gasteiger partial charge on any atom is -0.392 e. The van der Waals surface area contributed by atoms with Crippen molar-refractivity contribution in [3.05, 3.63) is 34.6 Å². The maximum atomic E-state index is 13.8. The highest BCUT2D eigenvalue weighted by atomic mass is 35.5. The van der Waals surface area contributed by atoms with Gasteiger partial charge < -0.3 is 10.0 Å². The average Bonchev–Trinajstić information content (AvgIpc) is 3.32. The molecule has 0 bridgehead atoms. The van der Waals surface area contributed by atoms with Crippen LogP contribution in [0.2, 0.25) is 5.02 Å². The van der Waals surface area contributed by atoms with Crippen LogP contribution in [0.5, 0.6) is 0 Å². The largest absolute Gasteiger partial charge is 0.392 e. The van der Waals surface area contributed by atoms with E-state index in [-0.39, 0.29) is 22.6 Å². The Morgan fingerprint density at radius 3 is 2.59 bits per heavy atom. The minimum atomic E-state index is -0.580. The first-order valence-electron chi connectivity index (χ1n) is 7.70. The summed E-state index contributed by atoms with van der Waals surface area (Å²) in [5.41, 5.74) is -0.0457. The number of halogens is 2. The zero-order valence-electron chi connectivity index (χ0n) is 12.3. The predicted octanol–water partition coefficient (Wildman–Crippen LogP) is 2.01. The smallest absolute Gasteiger partial charge is 0.258 e. The van der Waals surface area contributed by atoms with Gasteiger partial charge in [-0.15, -0.1) is 0 Å². The summed E-state index contributed by atoms with van der Waals surface area (Å²) in [5, 5.41) is 10.1. The van der Waals surface area contributed by atoms with Crippen molar-refractivity contribution in [1.29, 1.82) is 0 Å². The molecule has 22 heavy (non-hydrogen) atoms. The monoisotopic (exact) mass is 326 g/mol. The van der Waals surface area contributed by atoms with Gasteiger partial charge in [0.05, 0.1) is 16.7 Å². The van der Waals surface area contributed by atoms with Gasteiger partial charge in [0, 0.05) is 32.7 Å². The molecule has 2 aliphatic rings. The molecule has 1 aliphatic heterocycles. The molecule has 120 valence electrons. The van der Waals surface area contributed by atoms with E-state index in [0.29, 0.717) is 38.6 Å². The van der Waals surface area contributed by atoms with E-state index in [1.807, 2.05) is 0 Å². The highest BCUT2D eigenvalue weighted by molar-refractivity contribution is 6.33. The van der Waals surface area contributed by atoms with E-state index < -0.39 is 5.82 Å². The van der Waals surface area contributed by atoms with Crippen molar-refractivity contribution in [3.63, 3.8) is 0 Å². The summed E-state index contributed by atoms with van der Waals surface area (Å²) < 4.78 is 13.8. The van der Waals surface area contributed by atoms with E-state index >= 15 is 0 Å². The number of aliphatic hydroxyl groups excluding tert-OH is 1. The van der Waals surface area contributed by atoms with Crippen LogP contribution in [0.1, 0.15) is 23.2 Å². The first-order chi connectivity index (χ1) is 10.6. The molecule has 1 atom stereocenters. The summed E-state index contributed by atoms with van der Waals surface area (Å²) in [6.07, 6.45) is 1.97. The van der Waals surface area contributed by atoms with Crippen LogP contribution < -0.4 is 0 Å². The molecule has 1 aromatic carbocycles. The molecule has 2 fully saturated rings. The molecule has 0 aromatic heterocycles. The molecule has 0 spiro atoms. The SMILES string of the molecule is O=C(c1c(F)cccc1Cl)N1CCN(C[C@H](O)C2CC2)CC1. The Balaban J connectivity index is 1.57. The number of amides is 1. The van der Waals surface area contributed by atoms with Gasteiger partial charge in [0.25, 0.3) is 5.91 Å². The average molecular weight is 327 g/mol. The van der Waals surface area contributed by atoms with E-state index in [0.717, 1.165) is 12.8 Å². The molecule has 0 unspecified atom stereocenters. The Kier molecular flexibility index (Phi) is 4.66. The standard InChI is InChI=1S/C16H20ClFN2O2/c17-12-2-1-3-13(18)15(12)16(22)20-8-6-19(7-9-20)10-14(21)11-4-5-11/h1-3,11,14,21H,4-10H2/t14-/m0/s1.